The van der Waals surface area contributed by atoms with E-state index in [-0.39, 0.29) is 17.1 Å². The number of carbonyl (C=O) groups excluding carboxylic acids is 1. The fraction of sp³-hybridized carbons (Fsp3) is 0.533. The van der Waals surface area contributed by atoms with Crippen LogP contribution in [-0.2, 0) is 0 Å². The summed E-state index contributed by atoms with van der Waals surface area (Å²) in [5.74, 6) is 0.0721. The number of benzene rings is 1. The van der Waals surface area contributed by atoms with Crippen molar-refractivity contribution >= 4 is 5.91 Å². The first-order valence-corrected chi connectivity index (χ1v) is 7.00. The Morgan fingerprint density at radius 1 is 1.40 bits per heavy atom. The molecule has 110 valence electrons. The standard InChI is InChI=1S/C15H22N2O3/c1-10-4-6-15(9-16,7-5-10)17-14(20)12-8-11(18)2-3-13(12)19/h2-3,8,10,18-19H,4-7,9,16H2,1H3,(H,17,20). The first-order valence-electron chi connectivity index (χ1n) is 7.00. The Morgan fingerprint density at radius 3 is 2.65 bits per heavy atom. The van der Waals surface area contributed by atoms with Gasteiger partial charge < -0.3 is 21.3 Å². The average Bonchev–Trinajstić information content (AvgIpc) is 2.44. The van der Waals surface area contributed by atoms with Crippen molar-refractivity contribution < 1.29 is 15.0 Å². The number of nitrogens with one attached hydrogen (secondary N) is 1. The molecular weight excluding hydrogens is 256 g/mol. The lowest BCUT2D eigenvalue weighted by molar-refractivity contribution is 0.0857. The Hall–Kier alpha value is -1.75. The van der Waals surface area contributed by atoms with Gasteiger partial charge in [0.15, 0.2) is 0 Å². The molecule has 0 radical (unpaired) electrons. The topological polar surface area (TPSA) is 95.6 Å². The molecule has 2 rings (SSSR count). The Balaban J connectivity index is 2.15. The molecule has 0 bridgehead atoms. The monoisotopic (exact) mass is 278 g/mol. The van der Waals surface area contributed by atoms with Gasteiger partial charge in [0.05, 0.1) is 11.1 Å². The molecule has 5 nitrogen and oxygen atoms in total. The molecule has 0 unspecified atom stereocenters. The number of hydrogen-bond donors (Lipinski definition) is 4. The summed E-state index contributed by atoms with van der Waals surface area (Å²) in [5, 5.41) is 22.1. The summed E-state index contributed by atoms with van der Waals surface area (Å²) in [4.78, 5) is 12.3. The number of aromatic hydroxyl groups is 2. The zero-order valence-corrected chi connectivity index (χ0v) is 11.7. The molecule has 1 saturated carbocycles. The highest BCUT2D eigenvalue weighted by Crippen LogP contribution is 2.32. The van der Waals surface area contributed by atoms with Crippen molar-refractivity contribution in [3.63, 3.8) is 0 Å². The molecule has 0 spiro atoms. The molecule has 1 amide bonds. The highest BCUT2D eigenvalue weighted by atomic mass is 16.3. The van der Waals surface area contributed by atoms with Gasteiger partial charge in [0.2, 0.25) is 0 Å². The van der Waals surface area contributed by atoms with Crippen LogP contribution < -0.4 is 11.1 Å². The van der Waals surface area contributed by atoms with Gasteiger partial charge in [0.1, 0.15) is 11.5 Å². The minimum absolute atomic E-state index is 0.0491. The van der Waals surface area contributed by atoms with Gasteiger partial charge in [-0.2, -0.15) is 0 Å². The van der Waals surface area contributed by atoms with Gasteiger partial charge in [-0.3, -0.25) is 4.79 Å². The zero-order valence-electron chi connectivity index (χ0n) is 11.7. The average molecular weight is 278 g/mol. The number of rotatable bonds is 3. The summed E-state index contributed by atoms with van der Waals surface area (Å²) in [7, 11) is 0. The fourth-order valence-electron chi connectivity index (χ4n) is 2.71. The van der Waals surface area contributed by atoms with E-state index in [0.717, 1.165) is 25.7 Å². The van der Waals surface area contributed by atoms with Crippen LogP contribution in [0.25, 0.3) is 0 Å². The molecule has 1 aromatic rings. The quantitative estimate of drug-likeness (QED) is 0.633. The van der Waals surface area contributed by atoms with Gasteiger partial charge in [-0.1, -0.05) is 6.92 Å². The Morgan fingerprint density at radius 2 is 2.05 bits per heavy atom. The number of hydrogen-bond acceptors (Lipinski definition) is 4. The number of phenolic OH excluding ortho intramolecular Hbond substituents is 2. The van der Waals surface area contributed by atoms with Crippen molar-refractivity contribution in [3.8, 4) is 11.5 Å². The number of carbonyl (C=O) groups is 1. The summed E-state index contributed by atoms with van der Waals surface area (Å²) in [6, 6.07) is 3.91. The van der Waals surface area contributed by atoms with E-state index < -0.39 is 11.4 Å². The predicted molar refractivity (Wildman–Crippen MR) is 76.7 cm³/mol. The van der Waals surface area contributed by atoms with E-state index in [1.807, 2.05) is 0 Å². The van der Waals surface area contributed by atoms with Crippen LogP contribution >= 0.6 is 0 Å². The van der Waals surface area contributed by atoms with Gasteiger partial charge in [-0.05, 0) is 49.8 Å². The summed E-state index contributed by atoms with van der Waals surface area (Å²) in [6.07, 6.45) is 3.75. The maximum Gasteiger partial charge on any atom is 0.255 e. The second kappa shape index (κ2) is 5.71. The van der Waals surface area contributed by atoms with Crippen molar-refractivity contribution in [2.45, 2.75) is 38.1 Å². The third kappa shape index (κ3) is 3.04. The van der Waals surface area contributed by atoms with E-state index in [0.29, 0.717) is 12.5 Å². The minimum atomic E-state index is -0.401. The fourth-order valence-corrected chi connectivity index (χ4v) is 2.71. The van der Waals surface area contributed by atoms with Crippen molar-refractivity contribution in [1.82, 2.24) is 5.32 Å². The SMILES string of the molecule is CC1CCC(CN)(NC(=O)c2cc(O)ccc2O)CC1. The van der Waals surface area contributed by atoms with Gasteiger partial charge >= 0.3 is 0 Å². The molecule has 0 atom stereocenters. The van der Waals surface area contributed by atoms with Crippen molar-refractivity contribution in [2.75, 3.05) is 6.54 Å². The molecule has 0 saturated heterocycles. The van der Waals surface area contributed by atoms with Crippen molar-refractivity contribution in [1.29, 1.82) is 0 Å². The molecule has 5 heteroatoms. The van der Waals surface area contributed by atoms with Crippen molar-refractivity contribution in [2.24, 2.45) is 11.7 Å². The lowest BCUT2D eigenvalue weighted by atomic mass is 9.77. The summed E-state index contributed by atoms with van der Waals surface area (Å²) in [5.41, 5.74) is 5.53. The van der Waals surface area contributed by atoms with E-state index in [1.54, 1.807) is 0 Å². The molecule has 0 aromatic heterocycles. The molecule has 0 aliphatic heterocycles. The molecular formula is C15H22N2O3. The van der Waals surface area contributed by atoms with E-state index in [1.165, 1.54) is 18.2 Å². The van der Waals surface area contributed by atoms with E-state index >= 15 is 0 Å². The van der Waals surface area contributed by atoms with Gasteiger partial charge in [0, 0.05) is 6.54 Å². The smallest absolute Gasteiger partial charge is 0.255 e. The highest BCUT2D eigenvalue weighted by molar-refractivity contribution is 5.97. The van der Waals surface area contributed by atoms with Crippen LogP contribution in [0.5, 0.6) is 11.5 Å². The Kier molecular flexibility index (Phi) is 4.18. The van der Waals surface area contributed by atoms with Crippen LogP contribution in [0.4, 0.5) is 0 Å². The molecule has 5 N–H and O–H groups in total. The van der Waals surface area contributed by atoms with Crippen LogP contribution in [0.15, 0.2) is 18.2 Å². The summed E-state index contributed by atoms with van der Waals surface area (Å²) < 4.78 is 0. The van der Waals surface area contributed by atoms with Crippen LogP contribution in [-0.4, -0.2) is 28.2 Å². The lowest BCUT2D eigenvalue weighted by Crippen LogP contribution is -2.55. The van der Waals surface area contributed by atoms with Gasteiger partial charge in [0.25, 0.3) is 5.91 Å². The molecule has 1 aromatic carbocycles. The van der Waals surface area contributed by atoms with Crippen LogP contribution in [0.2, 0.25) is 0 Å². The summed E-state index contributed by atoms with van der Waals surface area (Å²) >= 11 is 0. The molecule has 1 aliphatic carbocycles. The normalized spacial score (nSPS) is 26.2. The summed E-state index contributed by atoms with van der Waals surface area (Å²) in [6.45, 7) is 2.58. The first-order chi connectivity index (χ1) is 9.46. The van der Waals surface area contributed by atoms with Gasteiger partial charge in [-0.15, -0.1) is 0 Å². The maximum absolute atomic E-state index is 12.3. The largest absolute Gasteiger partial charge is 0.508 e. The highest BCUT2D eigenvalue weighted by Gasteiger charge is 2.35. The van der Waals surface area contributed by atoms with Crippen LogP contribution in [0.3, 0.4) is 0 Å². The number of nitrogens with two attached hydrogens (primary N) is 1. The Bertz CT molecular complexity index is 494. The predicted octanol–water partition coefficient (Wildman–Crippen LogP) is 1.74. The Labute approximate surface area is 118 Å². The van der Waals surface area contributed by atoms with E-state index in [9.17, 15) is 15.0 Å². The molecule has 20 heavy (non-hydrogen) atoms. The van der Waals surface area contributed by atoms with E-state index in [2.05, 4.69) is 12.2 Å². The number of phenols is 2. The maximum atomic E-state index is 12.3. The lowest BCUT2D eigenvalue weighted by Gasteiger charge is -2.39. The van der Waals surface area contributed by atoms with Crippen molar-refractivity contribution in [3.05, 3.63) is 23.8 Å². The number of amides is 1. The van der Waals surface area contributed by atoms with Gasteiger partial charge in [-0.25, -0.2) is 0 Å². The molecule has 0 heterocycles. The minimum Gasteiger partial charge on any atom is -0.508 e. The van der Waals surface area contributed by atoms with Crippen LogP contribution in [0, 0.1) is 5.92 Å². The second-order valence-corrected chi connectivity index (χ2v) is 5.82. The molecule has 1 fully saturated rings. The third-order valence-corrected chi connectivity index (χ3v) is 4.23. The molecule has 1 aliphatic rings. The third-order valence-electron chi connectivity index (χ3n) is 4.23. The first kappa shape index (κ1) is 14.7. The second-order valence-electron chi connectivity index (χ2n) is 5.82. The zero-order chi connectivity index (χ0) is 14.8. The van der Waals surface area contributed by atoms with Crippen LogP contribution in [0.1, 0.15) is 43.0 Å². The van der Waals surface area contributed by atoms with E-state index in [4.69, 9.17) is 5.73 Å².